The minimum atomic E-state index is -0.231. The van der Waals surface area contributed by atoms with Crippen LogP contribution in [0.2, 0.25) is 0 Å². The lowest BCUT2D eigenvalue weighted by Crippen LogP contribution is -2.29. The number of aryl methyl sites for hydroxylation is 2. The van der Waals surface area contributed by atoms with Crippen molar-refractivity contribution in [2.24, 2.45) is 0 Å². The molecule has 5 nitrogen and oxygen atoms in total. The van der Waals surface area contributed by atoms with Crippen LogP contribution in [0.15, 0.2) is 24.3 Å². The number of Topliss-reactive ketones (excluding diaryl/α,β-unsaturated/α-hetero) is 1. The van der Waals surface area contributed by atoms with Gasteiger partial charge in [0.15, 0.2) is 5.78 Å². The number of nitrogens with one attached hydrogen (secondary N) is 2. The van der Waals surface area contributed by atoms with Gasteiger partial charge in [-0.25, -0.2) is 0 Å². The van der Waals surface area contributed by atoms with Crippen molar-refractivity contribution in [1.82, 2.24) is 10.3 Å². The topological polar surface area (TPSA) is 71.2 Å². The van der Waals surface area contributed by atoms with Crippen molar-refractivity contribution < 1.29 is 14.3 Å². The van der Waals surface area contributed by atoms with E-state index in [0.717, 1.165) is 17.0 Å². The Morgan fingerprint density at radius 3 is 2.57 bits per heavy atom. The third-order valence-corrected chi connectivity index (χ3v) is 3.66. The second-order valence-corrected chi connectivity index (χ2v) is 5.60. The van der Waals surface area contributed by atoms with E-state index in [0.29, 0.717) is 30.0 Å². The minimum Gasteiger partial charge on any atom is -0.492 e. The van der Waals surface area contributed by atoms with Gasteiger partial charge in [0, 0.05) is 11.3 Å². The van der Waals surface area contributed by atoms with Crippen LogP contribution in [-0.2, 0) is 0 Å². The Balaban J connectivity index is 1.90. The molecule has 0 saturated carbocycles. The highest BCUT2D eigenvalue weighted by atomic mass is 16.5. The molecule has 0 saturated heterocycles. The summed E-state index contributed by atoms with van der Waals surface area (Å²) in [6, 6.07) is 7.75. The molecule has 1 heterocycles. The van der Waals surface area contributed by atoms with Gasteiger partial charge in [-0.1, -0.05) is 12.1 Å². The van der Waals surface area contributed by atoms with Gasteiger partial charge in [-0.15, -0.1) is 0 Å². The van der Waals surface area contributed by atoms with E-state index in [1.54, 1.807) is 13.8 Å². The van der Waals surface area contributed by atoms with E-state index >= 15 is 0 Å². The first-order valence-electron chi connectivity index (χ1n) is 7.58. The van der Waals surface area contributed by atoms with E-state index in [2.05, 4.69) is 10.3 Å². The van der Waals surface area contributed by atoms with Gasteiger partial charge >= 0.3 is 0 Å². The highest BCUT2D eigenvalue weighted by Gasteiger charge is 2.19. The number of aromatic amines is 1. The second kappa shape index (κ2) is 7.13. The van der Waals surface area contributed by atoms with Crippen molar-refractivity contribution in [1.29, 1.82) is 0 Å². The number of carbonyl (C=O) groups excluding carboxylic acids is 2. The average Bonchev–Trinajstić information content (AvgIpc) is 2.78. The third kappa shape index (κ3) is 4.00. The van der Waals surface area contributed by atoms with Gasteiger partial charge in [0.1, 0.15) is 18.1 Å². The molecule has 1 aromatic heterocycles. The first kappa shape index (κ1) is 16.8. The van der Waals surface area contributed by atoms with Crippen molar-refractivity contribution in [2.75, 3.05) is 13.2 Å². The largest absolute Gasteiger partial charge is 0.492 e. The summed E-state index contributed by atoms with van der Waals surface area (Å²) in [7, 11) is 0. The maximum Gasteiger partial charge on any atom is 0.268 e. The van der Waals surface area contributed by atoms with E-state index in [1.165, 1.54) is 6.92 Å². The molecule has 0 fully saturated rings. The number of hydrogen-bond acceptors (Lipinski definition) is 3. The third-order valence-electron chi connectivity index (χ3n) is 3.66. The summed E-state index contributed by atoms with van der Waals surface area (Å²) in [4.78, 5) is 26.8. The molecular weight excluding hydrogens is 292 g/mol. The number of hydrogen-bond donors (Lipinski definition) is 2. The molecule has 2 rings (SSSR count). The van der Waals surface area contributed by atoms with Crippen LogP contribution in [0.1, 0.15) is 44.6 Å². The number of rotatable bonds is 6. The van der Waals surface area contributed by atoms with Crippen LogP contribution in [0.25, 0.3) is 0 Å². The van der Waals surface area contributed by atoms with E-state index < -0.39 is 0 Å². The fourth-order valence-corrected chi connectivity index (χ4v) is 2.63. The van der Waals surface area contributed by atoms with Gasteiger partial charge in [-0.05, 0) is 51.0 Å². The molecule has 0 aliphatic heterocycles. The molecule has 0 unspecified atom stereocenters. The highest BCUT2D eigenvalue weighted by molar-refractivity contribution is 6.02. The fraction of sp³-hybridized carbons (Fsp3) is 0.333. The summed E-state index contributed by atoms with van der Waals surface area (Å²) in [5.41, 5.74) is 3.55. The normalized spacial score (nSPS) is 10.4. The van der Waals surface area contributed by atoms with E-state index in [-0.39, 0.29) is 11.7 Å². The Bertz CT molecular complexity index is 732. The molecule has 2 N–H and O–H groups in total. The molecule has 0 atom stereocenters. The first-order chi connectivity index (χ1) is 10.9. The summed E-state index contributed by atoms with van der Waals surface area (Å²) < 4.78 is 5.59. The van der Waals surface area contributed by atoms with Crippen molar-refractivity contribution in [3.8, 4) is 5.75 Å². The molecule has 2 aromatic rings. The van der Waals surface area contributed by atoms with Crippen molar-refractivity contribution >= 4 is 11.7 Å². The van der Waals surface area contributed by atoms with Crippen LogP contribution in [0.4, 0.5) is 0 Å². The second-order valence-electron chi connectivity index (χ2n) is 5.60. The smallest absolute Gasteiger partial charge is 0.268 e. The Labute approximate surface area is 136 Å². The maximum absolute atomic E-state index is 12.2. The Morgan fingerprint density at radius 1 is 1.22 bits per heavy atom. The molecule has 0 bridgehead atoms. The van der Waals surface area contributed by atoms with Gasteiger partial charge in [0.05, 0.1) is 6.54 Å². The monoisotopic (exact) mass is 314 g/mol. The molecule has 0 aliphatic rings. The molecule has 0 radical (unpaired) electrons. The highest BCUT2D eigenvalue weighted by Crippen LogP contribution is 2.18. The zero-order chi connectivity index (χ0) is 17.0. The SMILES string of the molecule is CC(=O)c1c(C)[nH]c(C(=O)NCCOc2cccc(C)c2)c1C. The summed E-state index contributed by atoms with van der Waals surface area (Å²) in [5, 5.41) is 2.80. The molecular formula is C18H22N2O3. The number of amides is 1. The van der Waals surface area contributed by atoms with Gasteiger partial charge in [-0.2, -0.15) is 0 Å². The standard InChI is InChI=1S/C18H22N2O3/c1-11-6-5-7-15(10-11)23-9-8-19-18(22)17-12(2)16(14(4)21)13(3)20-17/h5-7,10,20H,8-9H2,1-4H3,(H,19,22). The van der Waals surface area contributed by atoms with Gasteiger partial charge in [0.2, 0.25) is 0 Å². The summed E-state index contributed by atoms with van der Waals surface area (Å²) in [6.45, 7) is 7.84. The lowest BCUT2D eigenvalue weighted by molar-refractivity contribution is 0.0941. The maximum atomic E-state index is 12.2. The van der Waals surface area contributed by atoms with Crippen LogP contribution in [0.5, 0.6) is 5.75 Å². The Hall–Kier alpha value is -2.56. The fourth-order valence-electron chi connectivity index (χ4n) is 2.63. The van der Waals surface area contributed by atoms with Crippen molar-refractivity contribution in [3.63, 3.8) is 0 Å². The summed E-state index contributed by atoms with van der Waals surface area (Å²) in [5.74, 6) is 0.508. The van der Waals surface area contributed by atoms with E-state index in [4.69, 9.17) is 4.74 Å². The van der Waals surface area contributed by atoms with Gasteiger partial charge in [-0.3, -0.25) is 9.59 Å². The molecule has 0 spiro atoms. The number of aromatic nitrogens is 1. The van der Waals surface area contributed by atoms with Crippen LogP contribution < -0.4 is 10.1 Å². The molecule has 1 amide bonds. The zero-order valence-corrected chi connectivity index (χ0v) is 13.9. The number of H-pyrrole nitrogens is 1. The van der Waals surface area contributed by atoms with Crippen molar-refractivity contribution in [3.05, 3.63) is 52.3 Å². The lowest BCUT2D eigenvalue weighted by Gasteiger charge is -2.08. The van der Waals surface area contributed by atoms with Crippen LogP contribution in [0, 0.1) is 20.8 Å². The lowest BCUT2D eigenvalue weighted by atomic mass is 10.1. The minimum absolute atomic E-state index is 0.0434. The van der Waals surface area contributed by atoms with Crippen LogP contribution in [0.3, 0.4) is 0 Å². The van der Waals surface area contributed by atoms with E-state index in [1.807, 2.05) is 31.2 Å². The zero-order valence-electron chi connectivity index (χ0n) is 13.9. The molecule has 0 aliphatic carbocycles. The summed E-state index contributed by atoms with van der Waals surface area (Å²) >= 11 is 0. The molecule has 5 heteroatoms. The van der Waals surface area contributed by atoms with Gasteiger partial charge in [0.25, 0.3) is 5.91 Å². The average molecular weight is 314 g/mol. The van der Waals surface area contributed by atoms with Crippen LogP contribution >= 0.6 is 0 Å². The van der Waals surface area contributed by atoms with Crippen molar-refractivity contribution in [2.45, 2.75) is 27.7 Å². The van der Waals surface area contributed by atoms with Gasteiger partial charge < -0.3 is 15.0 Å². The number of ketones is 1. The molecule has 122 valence electrons. The predicted molar refractivity (Wildman–Crippen MR) is 89.3 cm³/mol. The molecule has 1 aromatic carbocycles. The number of ether oxygens (including phenoxy) is 1. The Kier molecular flexibility index (Phi) is 5.21. The predicted octanol–water partition coefficient (Wildman–Crippen LogP) is 2.95. The number of benzene rings is 1. The Morgan fingerprint density at radius 2 is 1.96 bits per heavy atom. The quantitative estimate of drug-likeness (QED) is 0.636. The van der Waals surface area contributed by atoms with Crippen LogP contribution in [-0.4, -0.2) is 29.8 Å². The van der Waals surface area contributed by atoms with E-state index in [9.17, 15) is 9.59 Å². The first-order valence-corrected chi connectivity index (χ1v) is 7.58. The molecule has 23 heavy (non-hydrogen) atoms. The number of carbonyl (C=O) groups is 2. The summed E-state index contributed by atoms with van der Waals surface area (Å²) in [6.07, 6.45) is 0.